The van der Waals surface area contributed by atoms with E-state index in [0.717, 1.165) is 12.3 Å². The minimum Gasteiger partial charge on any atom is -0.353 e. The maximum absolute atomic E-state index is 12.1. The lowest BCUT2D eigenvalue weighted by atomic mass is 9.88. The lowest BCUT2D eigenvalue weighted by Gasteiger charge is -2.19. The Morgan fingerprint density at radius 3 is 2.88 bits per heavy atom. The maximum Gasteiger partial charge on any atom is 0.224 e. The van der Waals surface area contributed by atoms with Crippen LogP contribution in [0, 0.1) is 11.8 Å². The zero-order valence-electron chi connectivity index (χ0n) is 10.0. The van der Waals surface area contributed by atoms with E-state index in [-0.39, 0.29) is 5.92 Å². The molecule has 0 radical (unpaired) electrons. The topological polar surface area (TPSA) is 41.1 Å². The molecule has 5 atom stereocenters. The predicted molar refractivity (Wildman–Crippen MR) is 63.0 cm³/mol. The van der Waals surface area contributed by atoms with Crippen molar-refractivity contribution in [3.05, 3.63) is 0 Å². The smallest absolute Gasteiger partial charge is 0.224 e. The van der Waals surface area contributed by atoms with Gasteiger partial charge in [-0.05, 0) is 38.0 Å². The number of rotatable bonds is 4. The van der Waals surface area contributed by atoms with E-state index in [0.29, 0.717) is 24.0 Å². The standard InChI is InChI=1S/C13H22N2O/c1-2-3-8-6-12(8)15-13(16)10-7-9-4-5-11(10)14-9/h8-12,14H,2-7H2,1H3,(H,15,16). The molecule has 2 saturated heterocycles. The monoisotopic (exact) mass is 222 g/mol. The average Bonchev–Trinajstić information content (AvgIpc) is 2.75. The molecule has 3 rings (SSSR count). The summed E-state index contributed by atoms with van der Waals surface area (Å²) in [5.74, 6) is 1.37. The van der Waals surface area contributed by atoms with Crippen LogP contribution in [0.3, 0.4) is 0 Å². The molecule has 90 valence electrons. The second-order valence-corrected chi connectivity index (χ2v) is 5.79. The fraction of sp³-hybridized carbons (Fsp3) is 0.923. The number of nitrogens with one attached hydrogen (secondary N) is 2. The third-order valence-electron chi connectivity index (χ3n) is 4.55. The highest BCUT2D eigenvalue weighted by atomic mass is 16.2. The molecule has 2 bridgehead atoms. The van der Waals surface area contributed by atoms with E-state index in [1.54, 1.807) is 0 Å². The first-order valence-corrected chi connectivity index (χ1v) is 6.84. The van der Waals surface area contributed by atoms with E-state index in [1.807, 2.05) is 0 Å². The van der Waals surface area contributed by atoms with Crippen molar-refractivity contribution in [1.29, 1.82) is 0 Å². The number of carbonyl (C=O) groups excluding carboxylic acids is 1. The van der Waals surface area contributed by atoms with Crippen molar-refractivity contribution in [2.24, 2.45) is 11.8 Å². The van der Waals surface area contributed by atoms with Gasteiger partial charge in [-0.1, -0.05) is 13.3 Å². The number of carbonyl (C=O) groups is 1. The van der Waals surface area contributed by atoms with Gasteiger partial charge in [0.25, 0.3) is 0 Å². The van der Waals surface area contributed by atoms with Crippen molar-refractivity contribution < 1.29 is 4.79 Å². The minimum absolute atomic E-state index is 0.265. The Morgan fingerprint density at radius 2 is 2.25 bits per heavy atom. The summed E-state index contributed by atoms with van der Waals surface area (Å²) < 4.78 is 0. The quantitative estimate of drug-likeness (QED) is 0.755. The van der Waals surface area contributed by atoms with Crippen LogP contribution >= 0.6 is 0 Å². The van der Waals surface area contributed by atoms with Crippen molar-refractivity contribution in [2.45, 2.75) is 63.6 Å². The molecule has 0 aromatic heterocycles. The fourth-order valence-electron chi connectivity index (χ4n) is 3.52. The third kappa shape index (κ3) is 1.86. The van der Waals surface area contributed by atoms with Crippen LogP contribution in [0.2, 0.25) is 0 Å². The highest BCUT2D eigenvalue weighted by molar-refractivity contribution is 5.80. The SMILES string of the molecule is CCCC1CC1NC(=O)C1CC2CCC1N2. The Balaban J connectivity index is 1.48. The molecule has 3 heteroatoms. The van der Waals surface area contributed by atoms with Crippen LogP contribution in [-0.2, 0) is 4.79 Å². The van der Waals surface area contributed by atoms with E-state index in [9.17, 15) is 4.79 Å². The highest BCUT2D eigenvalue weighted by Crippen LogP contribution is 2.37. The summed E-state index contributed by atoms with van der Waals surface area (Å²) in [5, 5.41) is 6.76. The lowest BCUT2D eigenvalue weighted by molar-refractivity contribution is -0.125. The van der Waals surface area contributed by atoms with Gasteiger partial charge in [-0.2, -0.15) is 0 Å². The summed E-state index contributed by atoms with van der Waals surface area (Å²) in [5.41, 5.74) is 0. The van der Waals surface area contributed by atoms with Gasteiger partial charge in [-0.15, -0.1) is 0 Å². The molecule has 0 spiro atoms. The first kappa shape index (κ1) is 10.6. The Hall–Kier alpha value is -0.570. The van der Waals surface area contributed by atoms with E-state index in [2.05, 4.69) is 17.6 Å². The number of amides is 1. The molecular formula is C13H22N2O. The molecule has 3 fully saturated rings. The van der Waals surface area contributed by atoms with Crippen molar-refractivity contribution in [3.8, 4) is 0 Å². The van der Waals surface area contributed by atoms with Crippen LogP contribution in [-0.4, -0.2) is 24.0 Å². The second-order valence-electron chi connectivity index (χ2n) is 5.79. The van der Waals surface area contributed by atoms with Crippen LogP contribution in [0.1, 0.15) is 45.4 Å². The molecular weight excluding hydrogens is 200 g/mol. The lowest BCUT2D eigenvalue weighted by Crippen LogP contribution is -2.39. The van der Waals surface area contributed by atoms with Crippen molar-refractivity contribution in [1.82, 2.24) is 10.6 Å². The first-order chi connectivity index (χ1) is 7.78. The van der Waals surface area contributed by atoms with E-state index in [4.69, 9.17) is 0 Å². The molecule has 2 N–H and O–H groups in total. The predicted octanol–water partition coefficient (Wildman–Crippen LogP) is 1.43. The summed E-state index contributed by atoms with van der Waals surface area (Å²) in [6.07, 6.45) is 7.28. The van der Waals surface area contributed by atoms with E-state index >= 15 is 0 Å². The maximum atomic E-state index is 12.1. The summed E-state index contributed by atoms with van der Waals surface area (Å²) in [6.45, 7) is 2.22. The zero-order valence-corrected chi connectivity index (χ0v) is 10.0. The summed E-state index contributed by atoms with van der Waals surface area (Å²) >= 11 is 0. The molecule has 3 nitrogen and oxygen atoms in total. The van der Waals surface area contributed by atoms with Gasteiger partial charge in [0.05, 0.1) is 5.92 Å². The van der Waals surface area contributed by atoms with Crippen molar-refractivity contribution in [3.63, 3.8) is 0 Å². The van der Waals surface area contributed by atoms with Gasteiger partial charge in [-0.25, -0.2) is 0 Å². The summed E-state index contributed by atoms with van der Waals surface area (Å²) in [6, 6.07) is 1.62. The summed E-state index contributed by atoms with van der Waals surface area (Å²) in [7, 11) is 0. The molecule has 2 aliphatic heterocycles. The molecule has 3 aliphatic rings. The van der Waals surface area contributed by atoms with Crippen LogP contribution in [0.25, 0.3) is 0 Å². The Kier molecular flexibility index (Phi) is 2.66. The third-order valence-corrected chi connectivity index (χ3v) is 4.55. The van der Waals surface area contributed by atoms with Crippen molar-refractivity contribution in [2.75, 3.05) is 0 Å². The van der Waals surface area contributed by atoms with Crippen LogP contribution in [0.4, 0.5) is 0 Å². The van der Waals surface area contributed by atoms with Gasteiger partial charge in [0.2, 0.25) is 5.91 Å². The average molecular weight is 222 g/mol. The van der Waals surface area contributed by atoms with Gasteiger partial charge >= 0.3 is 0 Å². The molecule has 1 saturated carbocycles. The summed E-state index contributed by atoms with van der Waals surface area (Å²) in [4.78, 5) is 12.1. The second kappa shape index (κ2) is 4.02. The highest BCUT2D eigenvalue weighted by Gasteiger charge is 2.45. The van der Waals surface area contributed by atoms with E-state index in [1.165, 1.54) is 32.1 Å². The van der Waals surface area contributed by atoms with Crippen LogP contribution in [0.15, 0.2) is 0 Å². The van der Waals surface area contributed by atoms with Crippen molar-refractivity contribution >= 4 is 5.91 Å². The fourth-order valence-corrected chi connectivity index (χ4v) is 3.52. The Bertz CT molecular complexity index is 292. The van der Waals surface area contributed by atoms with Crippen LogP contribution in [0.5, 0.6) is 0 Å². The Morgan fingerprint density at radius 1 is 1.38 bits per heavy atom. The number of hydrogen-bond acceptors (Lipinski definition) is 2. The largest absolute Gasteiger partial charge is 0.353 e. The van der Waals surface area contributed by atoms with E-state index < -0.39 is 0 Å². The normalized spacial score (nSPS) is 44.7. The number of fused-ring (bicyclic) bond motifs is 2. The molecule has 1 amide bonds. The molecule has 0 aromatic rings. The Labute approximate surface area is 97.4 Å². The van der Waals surface area contributed by atoms with Gasteiger partial charge in [0, 0.05) is 18.1 Å². The van der Waals surface area contributed by atoms with Gasteiger partial charge in [-0.3, -0.25) is 4.79 Å². The zero-order chi connectivity index (χ0) is 11.1. The number of hydrogen-bond donors (Lipinski definition) is 2. The molecule has 1 aliphatic carbocycles. The minimum atomic E-state index is 0.265. The molecule has 5 unspecified atom stereocenters. The van der Waals surface area contributed by atoms with Gasteiger partial charge < -0.3 is 10.6 Å². The van der Waals surface area contributed by atoms with Gasteiger partial charge in [0.1, 0.15) is 0 Å². The molecule has 16 heavy (non-hydrogen) atoms. The van der Waals surface area contributed by atoms with Crippen LogP contribution < -0.4 is 10.6 Å². The van der Waals surface area contributed by atoms with Gasteiger partial charge in [0.15, 0.2) is 0 Å². The first-order valence-electron chi connectivity index (χ1n) is 6.84. The molecule has 0 aromatic carbocycles. The molecule has 2 heterocycles.